The fourth-order valence-electron chi connectivity index (χ4n) is 2.85. The molecule has 0 bridgehead atoms. The molecule has 1 aromatic rings. The fraction of sp³-hybridized carbons (Fsp3) is 0.562. The second-order valence-electron chi connectivity index (χ2n) is 5.62. The van der Waals surface area contributed by atoms with Gasteiger partial charge in [0.15, 0.2) is 0 Å². The van der Waals surface area contributed by atoms with Gasteiger partial charge in [-0.25, -0.2) is 0 Å². The van der Waals surface area contributed by atoms with Gasteiger partial charge in [0.1, 0.15) is 12.0 Å². The highest BCUT2D eigenvalue weighted by Crippen LogP contribution is 2.28. The van der Waals surface area contributed by atoms with Crippen LogP contribution in [0.2, 0.25) is 0 Å². The van der Waals surface area contributed by atoms with E-state index in [9.17, 15) is 4.79 Å². The molecule has 2 rings (SSSR count). The molecule has 4 nitrogen and oxygen atoms in total. The Kier molecular flexibility index (Phi) is 5.15. The minimum atomic E-state index is -0.352. The maximum atomic E-state index is 11.5. The van der Waals surface area contributed by atoms with Crippen LogP contribution in [0.4, 0.5) is 0 Å². The van der Waals surface area contributed by atoms with Gasteiger partial charge >= 0.3 is 0 Å². The van der Waals surface area contributed by atoms with Crippen LogP contribution in [-0.4, -0.2) is 45.1 Å². The van der Waals surface area contributed by atoms with Crippen molar-refractivity contribution < 1.29 is 14.3 Å². The molecule has 0 spiro atoms. The summed E-state index contributed by atoms with van der Waals surface area (Å²) in [7, 11) is 3.72. The minimum Gasteiger partial charge on any atom is -0.496 e. The molecule has 0 aliphatic carbocycles. The monoisotopic (exact) mass is 277 g/mol. The topological polar surface area (TPSA) is 38.8 Å². The van der Waals surface area contributed by atoms with Gasteiger partial charge in [0, 0.05) is 25.3 Å². The normalized spacial score (nSPS) is 22.8. The Labute approximate surface area is 120 Å². The summed E-state index contributed by atoms with van der Waals surface area (Å²) in [5.74, 6) is 0.888. The van der Waals surface area contributed by atoms with Gasteiger partial charge in [-0.15, -0.1) is 0 Å². The first-order valence-electron chi connectivity index (χ1n) is 7.04. The molecular weight excluding hydrogens is 254 g/mol. The second-order valence-corrected chi connectivity index (χ2v) is 5.62. The van der Waals surface area contributed by atoms with Gasteiger partial charge in [-0.05, 0) is 26.0 Å². The number of hydrogen-bond acceptors (Lipinski definition) is 4. The predicted octanol–water partition coefficient (Wildman–Crippen LogP) is 2.12. The summed E-state index contributed by atoms with van der Waals surface area (Å²) < 4.78 is 10.9. The Balaban J connectivity index is 2.00. The highest BCUT2D eigenvalue weighted by Gasteiger charge is 2.33. The van der Waals surface area contributed by atoms with E-state index in [-0.39, 0.29) is 5.41 Å². The van der Waals surface area contributed by atoms with Crippen LogP contribution < -0.4 is 4.74 Å². The number of ether oxygens (including phenoxy) is 2. The molecule has 1 aliphatic heterocycles. The Morgan fingerprint density at radius 1 is 1.45 bits per heavy atom. The number of hydrogen-bond donors (Lipinski definition) is 0. The van der Waals surface area contributed by atoms with E-state index in [1.54, 1.807) is 7.11 Å². The molecule has 1 aliphatic rings. The summed E-state index contributed by atoms with van der Waals surface area (Å²) in [6.07, 6.45) is 2.94. The molecule has 1 unspecified atom stereocenters. The quantitative estimate of drug-likeness (QED) is 0.747. The van der Waals surface area contributed by atoms with Crippen LogP contribution in [0.5, 0.6) is 5.75 Å². The summed E-state index contributed by atoms with van der Waals surface area (Å²) in [4.78, 5) is 13.6. The lowest BCUT2D eigenvalue weighted by atomic mass is 9.83. The van der Waals surface area contributed by atoms with Gasteiger partial charge in [0.05, 0.1) is 19.1 Å². The zero-order valence-corrected chi connectivity index (χ0v) is 12.3. The van der Waals surface area contributed by atoms with Crippen molar-refractivity contribution in [3.05, 3.63) is 29.8 Å². The molecule has 20 heavy (non-hydrogen) atoms. The Morgan fingerprint density at radius 3 is 2.90 bits per heavy atom. The van der Waals surface area contributed by atoms with E-state index in [4.69, 9.17) is 9.47 Å². The number of methoxy groups -OCH3 is 1. The average molecular weight is 277 g/mol. The number of benzene rings is 1. The number of carbonyl (C=O) groups is 1. The van der Waals surface area contributed by atoms with Crippen molar-refractivity contribution in [3.8, 4) is 5.75 Å². The van der Waals surface area contributed by atoms with Gasteiger partial charge in [-0.1, -0.05) is 18.2 Å². The van der Waals surface area contributed by atoms with Crippen molar-refractivity contribution in [2.75, 3.05) is 33.9 Å². The van der Waals surface area contributed by atoms with Crippen molar-refractivity contribution in [1.29, 1.82) is 0 Å². The average Bonchev–Trinajstić information content (AvgIpc) is 2.48. The SMILES string of the molecule is COc1ccccc1CN(C)CC1(C=O)CCCOC1. The fourth-order valence-corrected chi connectivity index (χ4v) is 2.85. The third-order valence-electron chi connectivity index (χ3n) is 3.82. The zero-order chi connectivity index (χ0) is 14.4. The van der Waals surface area contributed by atoms with Crippen molar-refractivity contribution in [2.24, 2.45) is 5.41 Å². The van der Waals surface area contributed by atoms with Crippen LogP contribution in [0, 0.1) is 5.41 Å². The van der Waals surface area contributed by atoms with E-state index in [1.165, 1.54) is 0 Å². The van der Waals surface area contributed by atoms with E-state index in [0.29, 0.717) is 13.2 Å². The van der Waals surface area contributed by atoms with Crippen LogP contribution >= 0.6 is 0 Å². The third-order valence-corrected chi connectivity index (χ3v) is 3.82. The smallest absolute Gasteiger partial charge is 0.129 e. The Hall–Kier alpha value is -1.39. The number of aldehydes is 1. The van der Waals surface area contributed by atoms with Gasteiger partial charge < -0.3 is 19.2 Å². The number of carbonyl (C=O) groups excluding carboxylic acids is 1. The van der Waals surface area contributed by atoms with Crippen LogP contribution in [0.15, 0.2) is 24.3 Å². The molecule has 1 aromatic carbocycles. The number of nitrogens with zero attached hydrogens (tertiary/aromatic N) is 1. The highest BCUT2D eigenvalue weighted by molar-refractivity contribution is 5.60. The highest BCUT2D eigenvalue weighted by atomic mass is 16.5. The first-order valence-corrected chi connectivity index (χ1v) is 7.04. The van der Waals surface area contributed by atoms with Crippen LogP contribution in [0.3, 0.4) is 0 Å². The van der Waals surface area contributed by atoms with E-state index in [1.807, 2.05) is 25.2 Å². The summed E-state index contributed by atoms with van der Waals surface area (Å²) in [6.45, 7) is 2.78. The van der Waals surface area contributed by atoms with Crippen molar-refractivity contribution in [1.82, 2.24) is 4.90 Å². The summed E-state index contributed by atoms with van der Waals surface area (Å²) in [6, 6.07) is 7.98. The zero-order valence-electron chi connectivity index (χ0n) is 12.3. The van der Waals surface area contributed by atoms with Gasteiger partial charge in [0.25, 0.3) is 0 Å². The molecule has 4 heteroatoms. The first-order chi connectivity index (χ1) is 9.69. The summed E-state index contributed by atoms with van der Waals surface area (Å²) >= 11 is 0. The maximum Gasteiger partial charge on any atom is 0.129 e. The Bertz CT molecular complexity index is 441. The third kappa shape index (κ3) is 3.58. The van der Waals surface area contributed by atoms with Crippen LogP contribution in [-0.2, 0) is 16.1 Å². The molecule has 0 aromatic heterocycles. The summed E-state index contributed by atoms with van der Waals surface area (Å²) in [5.41, 5.74) is 0.782. The molecule has 0 saturated carbocycles. The van der Waals surface area contributed by atoms with Crippen LogP contribution in [0.25, 0.3) is 0 Å². The molecule has 1 heterocycles. The molecule has 0 radical (unpaired) electrons. The van der Waals surface area contributed by atoms with E-state index in [2.05, 4.69) is 11.0 Å². The van der Waals surface area contributed by atoms with E-state index < -0.39 is 0 Å². The van der Waals surface area contributed by atoms with Gasteiger partial charge in [0.2, 0.25) is 0 Å². The Morgan fingerprint density at radius 2 is 2.25 bits per heavy atom. The van der Waals surface area contributed by atoms with Crippen LogP contribution in [0.1, 0.15) is 18.4 Å². The molecule has 0 amide bonds. The van der Waals surface area contributed by atoms with Crippen molar-refractivity contribution in [3.63, 3.8) is 0 Å². The van der Waals surface area contributed by atoms with Crippen molar-refractivity contribution in [2.45, 2.75) is 19.4 Å². The molecule has 110 valence electrons. The second kappa shape index (κ2) is 6.86. The lowest BCUT2D eigenvalue weighted by molar-refractivity contribution is -0.125. The molecule has 1 fully saturated rings. The molecule has 1 atom stereocenters. The van der Waals surface area contributed by atoms with Gasteiger partial charge in [-0.3, -0.25) is 0 Å². The maximum absolute atomic E-state index is 11.5. The lowest BCUT2D eigenvalue weighted by Gasteiger charge is -2.35. The first kappa shape index (κ1) is 15.0. The number of rotatable bonds is 6. The van der Waals surface area contributed by atoms with Gasteiger partial charge in [-0.2, -0.15) is 0 Å². The number of para-hydroxylation sites is 1. The predicted molar refractivity (Wildman–Crippen MR) is 77.9 cm³/mol. The minimum absolute atomic E-state index is 0.352. The molecule has 1 saturated heterocycles. The van der Waals surface area contributed by atoms with E-state index in [0.717, 1.165) is 43.6 Å². The standard InChI is InChI=1S/C16H23NO3/c1-17(10-14-6-3-4-7-15(14)19-2)11-16(12-18)8-5-9-20-13-16/h3-4,6-7,12H,5,8-11,13H2,1-2H3. The van der Waals surface area contributed by atoms with E-state index >= 15 is 0 Å². The van der Waals surface area contributed by atoms with Crippen molar-refractivity contribution >= 4 is 6.29 Å². The molecule has 0 N–H and O–H groups in total. The molecular formula is C16H23NO3. The summed E-state index contributed by atoms with van der Waals surface area (Å²) in [5, 5.41) is 0. The lowest BCUT2D eigenvalue weighted by Crippen LogP contribution is -2.42. The largest absolute Gasteiger partial charge is 0.496 e.